The van der Waals surface area contributed by atoms with Gasteiger partial charge in [-0.1, -0.05) is 12.1 Å². The molecule has 0 aromatic carbocycles. The minimum Gasteiger partial charge on any atom is -0.465 e. The van der Waals surface area contributed by atoms with Crippen molar-refractivity contribution in [3.63, 3.8) is 0 Å². The molecule has 0 saturated heterocycles. The Morgan fingerprint density at radius 3 is 1.91 bits per heavy atom. The molecule has 0 unspecified atom stereocenters. The predicted molar refractivity (Wildman–Crippen MR) is 89.6 cm³/mol. The van der Waals surface area contributed by atoms with E-state index in [2.05, 4.69) is 27.9 Å². The molecule has 0 amide bonds. The second-order valence-electron chi connectivity index (χ2n) is 5.74. The molecular weight excluding hydrogens is 286 g/mol. The molecule has 0 fully saturated rings. The normalized spacial score (nSPS) is 11.1. The standard InChI is InChI=1S/C19H21N3O/c1-15-11-19(23-16(15)2)14-22(12-17-7-3-5-9-20-17)13-18-8-4-6-10-21-18/h3-11H,12-14H2,1-2H3. The zero-order chi connectivity index (χ0) is 16.1. The van der Waals surface area contributed by atoms with Crippen LogP contribution in [0.3, 0.4) is 0 Å². The van der Waals surface area contributed by atoms with Gasteiger partial charge in [0.15, 0.2) is 0 Å². The Labute approximate surface area is 136 Å². The molecule has 0 N–H and O–H groups in total. The Kier molecular flexibility index (Phi) is 4.83. The van der Waals surface area contributed by atoms with Crippen molar-refractivity contribution in [1.82, 2.24) is 14.9 Å². The van der Waals surface area contributed by atoms with Crippen molar-refractivity contribution in [3.05, 3.63) is 83.3 Å². The summed E-state index contributed by atoms with van der Waals surface area (Å²) in [6.07, 6.45) is 3.66. The number of hydrogen-bond acceptors (Lipinski definition) is 4. The van der Waals surface area contributed by atoms with Crippen molar-refractivity contribution in [2.75, 3.05) is 0 Å². The summed E-state index contributed by atoms with van der Waals surface area (Å²) in [5, 5.41) is 0. The van der Waals surface area contributed by atoms with E-state index in [0.717, 1.165) is 42.5 Å². The summed E-state index contributed by atoms with van der Waals surface area (Å²) in [7, 11) is 0. The maximum Gasteiger partial charge on any atom is 0.118 e. The second kappa shape index (κ2) is 7.20. The van der Waals surface area contributed by atoms with Gasteiger partial charge in [-0.25, -0.2) is 0 Å². The van der Waals surface area contributed by atoms with E-state index in [9.17, 15) is 0 Å². The minimum atomic E-state index is 0.738. The highest BCUT2D eigenvalue weighted by molar-refractivity contribution is 5.19. The summed E-state index contributed by atoms with van der Waals surface area (Å²) in [5.74, 6) is 1.96. The molecule has 118 valence electrons. The van der Waals surface area contributed by atoms with Crippen LogP contribution >= 0.6 is 0 Å². The fourth-order valence-corrected chi connectivity index (χ4v) is 2.56. The molecule has 3 aromatic heterocycles. The summed E-state index contributed by atoms with van der Waals surface area (Å²) in [4.78, 5) is 11.2. The van der Waals surface area contributed by atoms with E-state index in [1.807, 2.05) is 55.7 Å². The van der Waals surface area contributed by atoms with Crippen molar-refractivity contribution < 1.29 is 4.42 Å². The first-order chi connectivity index (χ1) is 11.2. The molecule has 0 aliphatic heterocycles. The lowest BCUT2D eigenvalue weighted by Crippen LogP contribution is -2.23. The van der Waals surface area contributed by atoms with E-state index >= 15 is 0 Å². The van der Waals surface area contributed by atoms with Crippen LogP contribution in [0.25, 0.3) is 0 Å². The molecule has 3 rings (SSSR count). The summed E-state index contributed by atoms with van der Waals surface area (Å²) >= 11 is 0. The third-order valence-corrected chi connectivity index (χ3v) is 3.82. The van der Waals surface area contributed by atoms with Gasteiger partial charge in [0, 0.05) is 25.5 Å². The molecule has 23 heavy (non-hydrogen) atoms. The number of aryl methyl sites for hydroxylation is 2. The number of rotatable bonds is 6. The van der Waals surface area contributed by atoms with E-state index in [0.29, 0.717) is 0 Å². The van der Waals surface area contributed by atoms with E-state index in [-0.39, 0.29) is 0 Å². The summed E-state index contributed by atoms with van der Waals surface area (Å²) in [6.45, 7) is 6.33. The SMILES string of the molecule is Cc1cc(CN(Cc2ccccn2)Cc2ccccn2)oc1C. The lowest BCUT2D eigenvalue weighted by molar-refractivity contribution is 0.220. The maximum absolute atomic E-state index is 5.84. The van der Waals surface area contributed by atoms with Gasteiger partial charge >= 0.3 is 0 Å². The van der Waals surface area contributed by atoms with Gasteiger partial charge in [-0.15, -0.1) is 0 Å². The van der Waals surface area contributed by atoms with Gasteiger partial charge < -0.3 is 4.42 Å². The van der Waals surface area contributed by atoms with E-state index in [1.165, 1.54) is 5.56 Å². The van der Waals surface area contributed by atoms with Crippen molar-refractivity contribution in [1.29, 1.82) is 0 Å². The molecule has 0 spiro atoms. The Morgan fingerprint density at radius 1 is 0.870 bits per heavy atom. The first kappa shape index (κ1) is 15.4. The average Bonchev–Trinajstić information content (AvgIpc) is 2.87. The fourth-order valence-electron chi connectivity index (χ4n) is 2.56. The molecule has 0 atom stereocenters. The van der Waals surface area contributed by atoms with Crippen molar-refractivity contribution >= 4 is 0 Å². The number of nitrogens with zero attached hydrogens (tertiary/aromatic N) is 3. The molecule has 0 aliphatic carbocycles. The summed E-state index contributed by atoms with van der Waals surface area (Å²) < 4.78 is 5.84. The number of furan rings is 1. The zero-order valence-electron chi connectivity index (χ0n) is 13.6. The van der Waals surface area contributed by atoms with Crippen LogP contribution in [0.4, 0.5) is 0 Å². The van der Waals surface area contributed by atoms with Crippen molar-refractivity contribution in [3.8, 4) is 0 Å². The van der Waals surface area contributed by atoms with Crippen LogP contribution in [0.5, 0.6) is 0 Å². The smallest absolute Gasteiger partial charge is 0.118 e. The van der Waals surface area contributed by atoms with Gasteiger partial charge in [-0.3, -0.25) is 14.9 Å². The molecule has 0 bridgehead atoms. The zero-order valence-corrected chi connectivity index (χ0v) is 13.6. The Morgan fingerprint density at radius 2 is 1.48 bits per heavy atom. The molecule has 3 aromatic rings. The average molecular weight is 307 g/mol. The molecule has 4 nitrogen and oxygen atoms in total. The second-order valence-corrected chi connectivity index (χ2v) is 5.74. The van der Waals surface area contributed by atoms with Crippen LogP contribution in [-0.2, 0) is 19.6 Å². The first-order valence-corrected chi connectivity index (χ1v) is 7.79. The fraction of sp³-hybridized carbons (Fsp3) is 0.263. The van der Waals surface area contributed by atoms with Crippen LogP contribution in [0, 0.1) is 13.8 Å². The number of hydrogen-bond donors (Lipinski definition) is 0. The highest BCUT2D eigenvalue weighted by atomic mass is 16.3. The summed E-state index contributed by atoms with van der Waals surface area (Å²) in [5.41, 5.74) is 3.28. The van der Waals surface area contributed by atoms with Gasteiger partial charge in [0.05, 0.1) is 17.9 Å². The summed E-state index contributed by atoms with van der Waals surface area (Å²) in [6, 6.07) is 14.1. The van der Waals surface area contributed by atoms with Crippen LogP contribution in [-0.4, -0.2) is 14.9 Å². The molecule has 0 radical (unpaired) electrons. The first-order valence-electron chi connectivity index (χ1n) is 7.79. The van der Waals surface area contributed by atoms with E-state index in [4.69, 9.17) is 4.42 Å². The molecule has 4 heteroatoms. The van der Waals surface area contributed by atoms with Gasteiger partial charge in [0.1, 0.15) is 11.5 Å². The van der Waals surface area contributed by atoms with E-state index in [1.54, 1.807) is 0 Å². The van der Waals surface area contributed by atoms with Gasteiger partial charge in [-0.05, 0) is 49.7 Å². The molecule has 3 heterocycles. The lowest BCUT2D eigenvalue weighted by Gasteiger charge is -2.20. The quantitative estimate of drug-likeness (QED) is 0.693. The van der Waals surface area contributed by atoms with Crippen molar-refractivity contribution in [2.45, 2.75) is 33.5 Å². The van der Waals surface area contributed by atoms with Crippen LogP contribution in [0.15, 0.2) is 59.3 Å². The molecule has 0 saturated carbocycles. The van der Waals surface area contributed by atoms with Gasteiger partial charge in [-0.2, -0.15) is 0 Å². The largest absolute Gasteiger partial charge is 0.465 e. The van der Waals surface area contributed by atoms with Gasteiger partial charge in [0.25, 0.3) is 0 Å². The molecule has 0 aliphatic rings. The number of aromatic nitrogens is 2. The van der Waals surface area contributed by atoms with Crippen LogP contribution in [0.2, 0.25) is 0 Å². The third kappa shape index (κ3) is 4.27. The monoisotopic (exact) mass is 307 g/mol. The van der Waals surface area contributed by atoms with Crippen molar-refractivity contribution in [2.24, 2.45) is 0 Å². The predicted octanol–water partition coefficient (Wildman–Crippen LogP) is 3.89. The Balaban J connectivity index is 1.77. The third-order valence-electron chi connectivity index (χ3n) is 3.82. The maximum atomic E-state index is 5.84. The Bertz CT molecular complexity index is 677. The highest BCUT2D eigenvalue weighted by Crippen LogP contribution is 2.17. The minimum absolute atomic E-state index is 0.738. The highest BCUT2D eigenvalue weighted by Gasteiger charge is 2.13. The topological polar surface area (TPSA) is 42.2 Å². The Hall–Kier alpha value is -2.46. The van der Waals surface area contributed by atoms with Crippen LogP contribution in [0.1, 0.15) is 28.5 Å². The van der Waals surface area contributed by atoms with Crippen LogP contribution < -0.4 is 0 Å². The lowest BCUT2D eigenvalue weighted by atomic mass is 10.2. The number of pyridine rings is 2. The molecular formula is C19H21N3O. The van der Waals surface area contributed by atoms with E-state index < -0.39 is 0 Å². The van der Waals surface area contributed by atoms with Gasteiger partial charge in [0.2, 0.25) is 0 Å².